The van der Waals surface area contributed by atoms with E-state index < -0.39 is 0 Å². The van der Waals surface area contributed by atoms with E-state index in [0.717, 1.165) is 22.0 Å². The average molecular weight is 205 g/mol. The Morgan fingerprint density at radius 2 is 2.07 bits per heavy atom. The molecule has 0 fully saturated rings. The van der Waals surface area contributed by atoms with Gasteiger partial charge in [-0.3, -0.25) is 0 Å². The van der Waals surface area contributed by atoms with Crippen molar-refractivity contribution >= 4 is 12.6 Å². The van der Waals surface area contributed by atoms with Crippen LogP contribution in [0.5, 0.6) is 0 Å². The number of hydrogen-bond acceptors (Lipinski definition) is 3. The minimum Gasteiger partial charge on any atom is -0.220 e. The van der Waals surface area contributed by atoms with Gasteiger partial charge in [0.15, 0.2) is 0 Å². The maximum absolute atomic E-state index is 4.31. The molecule has 0 radical (unpaired) electrons. The van der Waals surface area contributed by atoms with Gasteiger partial charge in [-0.2, -0.15) is 5.10 Å². The van der Waals surface area contributed by atoms with Crippen molar-refractivity contribution in [2.45, 2.75) is 18.7 Å². The molecule has 2 aromatic rings. The Kier molecular flexibility index (Phi) is 2.29. The van der Waals surface area contributed by atoms with Crippen molar-refractivity contribution in [3.05, 3.63) is 35.9 Å². The zero-order valence-corrected chi connectivity index (χ0v) is 8.99. The standard InChI is InChI=1S/C10H11N3S/c1-7-3-4-9(14)5-10(7)13-8(2)11-6-12-13/h3-6,14H,1-2H3. The summed E-state index contributed by atoms with van der Waals surface area (Å²) in [6.45, 7) is 3.97. The molecule has 1 heterocycles. The summed E-state index contributed by atoms with van der Waals surface area (Å²) in [5.41, 5.74) is 2.20. The fourth-order valence-electron chi connectivity index (χ4n) is 1.36. The summed E-state index contributed by atoms with van der Waals surface area (Å²) in [7, 11) is 0. The van der Waals surface area contributed by atoms with Crippen LogP contribution in [-0.4, -0.2) is 14.8 Å². The number of aromatic nitrogens is 3. The van der Waals surface area contributed by atoms with Crippen molar-refractivity contribution in [3.63, 3.8) is 0 Å². The van der Waals surface area contributed by atoms with E-state index in [1.807, 2.05) is 36.7 Å². The van der Waals surface area contributed by atoms with Gasteiger partial charge in [-0.25, -0.2) is 9.67 Å². The van der Waals surface area contributed by atoms with E-state index in [1.165, 1.54) is 0 Å². The molecular weight excluding hydrogens is 194 g/mol. The van der Waals surface area contributed by atoms with E-state index in [9.17, 15) is 0 Å². The first-order valence-corrected chi connectivity index (χ1v) is 4.80. The van der Waals surface area contributed by atoms with Gasteiger partial charge in [-0.1, -0.05) is 6.07 Å². The molecule has 0 aliphatic carbocycles. The first-order chi connectivity index (χ1) is 6.68. The molecule has 72 valence electrons. The molecule has 0 atom stereocenters. The van der Waals surface area contributed by atoms with E-state index in [-0.39, 0.29) is 0 Å². The zero-order valence-electron chi connectivity index (χ0n) is 8.10. The summed E-state index contributed by atoms with van der Waals surface area (Å²) in [6, 6.07) is 5.98. The fourth-order valence-corrected chi connectivity index (χ4v) is 1.56. The van der Waals surface area contributed by atoms with E-state index in [4.69, 9.17) is 0 Å². The van der Waals surface area contributed by atoms with Crippen LogP contribution >= 0.6 is 12.6 Å². The van der Waals surface area contributed by atoms with Crippen molar-refractivity contribution in [2.24, 2.45) is 0 Å². The molecule has 0 spiro atoms. The molecule has 0 saturated carbocycles. The zero-order chi connectivity index (χ0) is 10.1. The number of hydrogen-bond donors (Lipinski definition) is 1. The normalized spacial score (nSPS) is 10.5. The highest BCUT2D eigenvalue weighted by molar-refractivity contribution is 7.80. The molecule has 1 aromatic heterocycles. The Bertz CT molecular complexity index is 462. The van der Waals surface area contributed by atoms with Gasteiger partial charge in [0.2, 0.25) is 0 Å². The van der Waals surface area contributed by atoms with Gasteiger partial charge in [0.05, 0.1) is 5.69 Å². The van der Waals surface area contributed by atoms with Crippen LogP contribution in [-0.2, 0) is 0 Å². The van der Waals surface area contributed by atoms with E-state index in [2.05, 4.69) is 22.7 Å². The summed E-state index contributed by atoms with van der Waals surface area (Å²) in [5.74, 6) is 0.882. The van der Waals surface area contributed by atoms with Crippen LogP contribution in [0, 0.1) is 13.8 Å². The largest absolute Gasteiger partial charge is 0.220 e. The minimum absolute atomic E-state index is 0.882. The topological polar surface area (TPSA) is 30.7 Å². The highest BCUT2D eigenvalue weighted by Gasteiger charge is 2.05. The van der Waals surface area contributed by atoms with Crippen LogP contribution in [0.4, 0.5) is 0 Å². The Balaban J connectivity index is 2.62. The highest BCUT2D eigenvalue weighted by atomic mass is 32.1. The lowest BCUT2D eigenvalue weighted by atomic mass is 10.2. The second-order valence-electron chi connectivity index (χ2n) is 3.19. The molecule has 4 heteroatoms. The Labute approximate surface area is 88.2 Å². The van der Waals surface area contributed by atoms with Crippen LogP contribution < -0.4 is 0 Å². The van der Waals surface area contributed by atoms with Crippen molar-refractivity contribution in [2.75, 3.05) is 0 Å². The minimum atomic E-state index is 0.882. The lowest BCUT2D eigenvalue weighted by Gasteiger charge is -2.07. The molecule has 0 aliphatic heterocycles. The van der Waals surface area contributed by atoms with Crippen LogP contribution in [0.25, 0.3) is 5.69 Å². The van der Waals surface area contributed by atoms with Gasteiger partial charge in [0.25, 0.3) is 0 Å². The second-order valence-corrected chi connectivity index (χ2v) is 3.71. The van der Waals surface area contributed by atoms with Gasteiger partial charge in [0.1, 0.15) is 12.2 Å². The third-order valence-corrected chi connectivity index (χ3v) is 2.42. The summed E-state index contributed by atoms with van der Waals surface area (Å²) in [5, 5.41) is 4.16. The molecule has 0 N–H and O–H groups in total. The van der Waals surface area contributed by atoms with Gasteiger partial charge >= 0.3 is 0 Å². The third-order valence-electron chi connectivity index (χ3n) is 2.14. The van der Waals surface area contributed by atoms with Gasteiger partial charge in [-0.15, -0.1) is 12.6 Å². The van der Waals surface area contributed by atoms with Crippen LogP contribution in [0.3, 0.4) is 0 Å². The molecule has 2 rings (SSSR count). The highest BCUT2D eigenvalue weighted by Crippen LogP contribution is 2.18. The Hall–Kier alpha value is -1.29. The Morgan fingerprint density at radius 1 is 1.29 bits per heavy atom. The maximum atomic E-state index is 4.31. The van der Waals surface area contributed by atoms with Crippen LogP contribution in [0.2, 0.25) is 0 Å². The van der Waals surface area contributed by atoms with Crippen LogP contribution in [0.1, 0.15) is 11.4 Å². The quantitative estimate of drug-likeness (QED) is 0.723. The molecule has 0 unspecified atom stereocenters. The molecule has 0 saturated heterocycles. The molecule has 0 aliphatic rings. The maximum Gasteiger partial charge on any atom is 0.138 e. The van der Waals surface area contributed by atoms with Crippen molar-refractivity contribution in [3.8, 4) is 5.69 Å². The SMILES string of the molecule is Cc1ccc(S)cc1-n1ncnc1C. The smallest absolute Gasteiger partial charge is 0.138 e. The number of rotatable bonds is 1. The Morgan fingerprint density at radius 3 is 2.71 bits per heavy atom. The van der Waals surface area contributed by atoms with Crippen LogP contribution in [0.15, 0.2) is 29.4 Å². The number of thiol groups is 1. The number of nitrogens with zero attached hydrogens (tertiary/aromatic N) is 3. The van der Waals surface area contributed by atoms with Gasteiger partial charge in [0, 0.05) is 4.90 Å². The summed E-state index contributed by atoms with van der Waals surface area (Å²) in [6.07, 6.45) is 1.56. The molecule has 0 bridgehead atoms. The van der Waals surface area contributed by atoms with E-state index >= 15 is 0 Å². The average Bonchev–Trinajstić information content (AvgIpc) is 2.56. The number of aryl methyl sites for hydroxylation is 2. The van der Waals surface area contributed by atoms with Crippen molar-refractivity contribution < 1.29 is 0 Å². The van der Waals surface area contributed by atoms with Gasteiger partial charge < -0.3 is 0 Å². The first-order valence-electron chi connectivity index (χ1n) is 4.35. The molecule has 14 heavy (non-hydrogen) atoms. The monoisotopic (exact) mass is 205 g/mol. The van der Waals surface area contributed by atoms with Gasteiger partial charge in [-0.05, 0) is 31.5 Å². The fraction of sp³-hybridized carbons (Fsp3) is 0.200. The van der Waals surface area contributed by atoms with E-state index in [1.54, 1.807) is 6.33 Å². The molecule has 3 nitrogen and oxygen atoms in total. The molecule has 0 amide bonds. The predicted molar refractivity (Wildman–Crippen MR) is 58.1 cm³/mol. The summed E-state index contributed by atoms with van der Waals surface area (Å²) >= 11 is 4.31. The lowest BCUT2D eigenvalue weighted by Crippen LogP contribution is -2.01. The predicted octanol–water partition coefficient (Wildman–Crippen LogP) is 2.17. The molecule has 1 aromatic carbocycles. The van der Waals surface area contributed by atoms with Crippen molar-refractivity contribution in [1.82, 2.24) is 14.8 Å². The number of benzene rings is 1. The first kappa shape index (κ1) is 9.27. The van der Waals surface area contributed by atoms with Crippen molar-refractivity contribution in [1.29, 1.82) is 0 Å². The third kappa shape index (κ3) is 1.53. The summed E-state index contributed by atoms with van der Waals surface area (Å²) in [4.78, 5) is 5.02. The lowest BCUT2D eigenvalue weighted by molar-refractivity contribution is 0.831. The molecular formula is C10H11N3S. The van der Waals surface area contributed by atoms with E-state index in [0.29, 0.717) is 0 Å². The second kappa shape index (κ2) is 3.46. The summed E-state index contributed by atoms with van der Waals surface area (Å²) < 4.78 is 1.81.